The molecule has 0 radical (unpaired) electrons. The predicted octanol–water partition coefficient (Wildman–Crippen LogP) is 1.68. The first-order valence-corrected chi connectivity index (χ1v) is 7.68. The molecule has 0 saturated carbocycles. The number of carboxylic acid groups (broad SMARTS) is 1. The van der Waals surface area contributed by atoms with E-state index in [0.29, 0.717) is 12.5 Å². The molecule has 1 aliphatic carbocycles. The molecule has 6 heteroatoms. The molecule has 0 aromatic carbocycles. The summed E-state index contributed by atoms with van der Waals surface area (Å²) in [4.78, 5) is 21.6. The second-order valence-corrected chi connectivity index (χ2v) is 6.27. The van der Waals surface area contributed by atoms with E-state index in [9.17, 15) is 9.90 Å². The highest BCUT2D eigenvalue weighted by Crippen LogP contribution is 2.43. The van der Waals surface area contributed by atoms with E-state index in [4.69, 9.17) is 0 Å². The first-order valence-electron chi connectivity index (χ1n) is 6.87. The van der Waals surface area contributed by atoms with Crippen molar-refractivity contribution in [2.75, 3.05) is 11.9 Å². The Bertz CT molecular complexity index is 653. The molecule has 3 rings (SSSR count). The Balaban J connectivity index is 1.99. The van der Waals surface area contributed by atoms with Gasteiger partial charge in [-0.05, 0) is 30.7 Å². The number of carbonyl (C=O) groups excluding carboxylic acids is 1. The summed E-state index contributed by atoms with van der Waals surface area (Å²) in [5.74, 6) is 0.214. The molecular weight excluding hydrogens is 274 g/mol. The molecule has 0 spiro atoms. The normalized spacial score (nSPS) is 17.9. The van der Waals surface area contributed by atoms with E-state index in [1.54, 1.807) is 11.3 Å². The summed E-state index contributed by atoms with van der Waals surface area (Å²) in [6.45, 7) is 2.57. The van der Waals surface area contributed by atoms with E-state index in [0.717, 1.165) is 22.5 Å². The lowest BCUT2D eigenvalue weighted by molar-refractivity contribution is -0.305. The molecule has 0 fully saturated rings. The van der Waals surface area contributed by atoms with Crippen LogP contribution in [0.1, 0.15) is 42.5 Å². The van der Waals surface area contributed by atoms with Gasteiger partial charge in [0.25, 0.3) is 0 Å². The zero-order valence-electron chi connectivity index (χ0n) is 11.3. The van der Waals surface area contributed by atoms with E-state index in [1.807, 2.05) is 0 Å². The van der Waals surface area contributed by atoms with Crippen molar-refractivity contribution < 1.29 is 9.90 Å². The van der Waals surface area contributed by atoms with Crippen molar-refractivity contribution in [2.24, 2.45) is 0 Å². The summed E-state index contributed by atoms with van der Waals surface area (Å²) in [6, 6.07) is 0. The second-order valence-electron chi connectivity index (χ2n) is 5.18. The van der Waals surface area contributed by atoms with Crippen molar-refractivity contribution in [3.05, 3.63) is 16.8 Å². The summed E-state index contributed by atoms with van der Waals surface area (Å²) in [6.07, 6.45) is 5.04. The number of hydrogen-bond acceptors (Lipinski definition) is 6. The molecule has 5 nitrogen and oxygen atoms in total. The van der Waals surface area contributed by atoms with Crippen LogP contribution in [0.5, 0.6) is 0 Å². The van der Waals surface area contributed by atoms with Gasteiger partial charge in [0, 0.05) is 23.8 Å². The van der Waals surface area contributed by atoms with Crippen LogP contribution < -0.4 is 10.4 Å². The number of anilines is 1. The number of nitrogens with one attached hydrogen (secondary N) is 1. The maximum absolute atomic E-state index is 10.5. The molecular formula is C14H16N3O2S-. The van der Waals surface area contributed by atoms with Crippen LogP contribution in [0.4, 0.5) is 5.82 Å². The molecule has 0 unspecified atom stereocenters. The van der Waals surface area contributed by atoms with Gasteiger partial charge < -0.3 is 15.2 Å². The van der Waals surface area contributed by atoms with Gasteiger partial charge in [-0.25, -0.2) is 9.97 Å². The topological polar surface area (TPSA) is 77.9 Å². The Labute approximate surface area is 121 Å². The highest BCUT2D eigenvalue weighted by atomic mass is 32.1. The Hall–Kier alpha value is -1.69. The molecule has 0 bridgehead atoms. The Morgan fingerprint density at radius 1 is 1.55 bits per heavy atom. The summed E-state index contributed by atoms with van der Waals surface area (Å²) < 4.78 is 0. The standard InChI is InChI=1S/C14H17N3O2S/c1-8-3-2-4-9-11(8)12-13(15-6-5-10(18)19)16-7-17-14(12)20-9/h7-8H,2-6H2,1H3,(H,18,19)(H,15,16,17)/p-1/t8-/m1/s1. The molecule has 2 aromatic heterocycles. The average Bonchev–Trinajstić information content (AvgIpc) is 2.78. The smallest absolute Gasteiger partial charge is 0.138 e. The molecule has 0 amide bonds. The lowest BCUT2D eigenvalue weighted by Gasteiger charge is -2.19. The third-order valence-electron chi connectivity index (χ3n) is 3.76. The van der Waals surface area contributed by atoms with Crippen molar-refractivity contribution in [2.45, 2.75) is 38.5 Å². The van der Waals surface area contributed by atoms with Crippen molar-refractivity contribution in [3.63, 3.8) is 0 Å². The third kappa shape index (κ3) is 2.35. The zero-order chi connectivity index (χ0) is 14.1. The number of carbonyl (C=O) groups is 1. The van der Waals surface area contributed by atoms with Crippen molar-refractivity contribution in [3.8, 4) is 0 Å². The molecule has 20 heavy (non-hydrogen) atoms. The second kappa shape index (κ2) is 5.36. The van der Waals surface area contributed by atoms with Crippen LogP contribution in [-0.2, 0) is 11.2 Å². The Kier molecular flexibility index (Phi) is 3.56. The van der Waals surface area contributed by atoms with Crippen LogP contribution in [0.15, 0.2) is 6.33 Å². The van der Waals surface area contributed by atoms with Crippen LogP contribution >= 0.6 is 11.3 Å². The van der Waals surface area contributed by atoms with Crippen molar-refractivity contribution in [1.82, 2.24) is 9.97 Å². The number of aromatic nitrogens is 2. The molecule has 1 atom stereocenters. The van der Waals surface area contributed by atoms with Gasteiger partial charge in [-0.2, -0.15) is 0 Å². The minimum Gasteiger partial charge on any atom is -0.550 e. The van der Waals surface area contributed by atoms with Gasteiger partial charge in [0.05, 0.1) is 5.39 Å². The highest BCUT2D eigenvalue weighted by Gasteiger charge is 2.24. The predicted molar refractivity (Wildman–Crippen MR) is 76.9 cm³/mol. The van der Waals surface area contributed by atoms with Gasteiger partial charge in [0.1, 0.15) is 17.0 Å². The molecule has 1 N–H and O–H groups in total. The fraction of sp³-hybridized carbons (Fsp3) is 0.500. The van der Waals surface area contributed by atoms with Gasteiger partial charge in [-0.15, -0.1) is 11.3 Å². The fourth-order valence-corrected chi connectivity index (χ4v) is 4.14. The summed E-state index contributed by atoms with van der Waals surface area (Å²) in [5.41, 5.74) is 1.35. The van der Waals surface area contributed by atoms with Crippen LogP contribution in [0, 0.1) is 0 Å². The Morgan fingerprint density at radius 2 is 2.40 bits per heavy atom. The lowest BCUT2D eigenvalue weighted by atomic mass is 9.87. The van der Waals surface area contributed by atoms with Crippen molar-refractivity contribution >= 4 is 33.3 Å². The maximum Gasteiger partial charge on any atom is 0.138 e. The molecule has 106 valence electrons. The first-order chi connectivity index (χ1) is 9.66. The monoisotopic (exact) mass is 290 g/mol. The maximum atomic E-state index is 10.5. The van der Waals surface area contributed by atoms with Gasteiger partial charge in [-0.3, -0.25) is 0 Å². The number of hydrogen-bond donors (Lipinski definition) is 1. The number of carboxylic acids is 1. The average molecular weight is 290 g/mol. The van der Waals surface area contributed by atoms with Crippen LogP contribution in [0.3, 0.4) is 0 Å². The molecule has 0 saturated heterocycles. The quantitative estimate of drug-likeness (QED) is 0.927. The fourth-order valence-electron chi connectivity index (χ4n) is 2.84. The number of rotatable bonds is 4. The zero-order valence-corrected chi connectivity index (χ0v) is 12.1. The minimum absolute atomic E-state index is 0.0205. The van der Waals surface area contributed by atoms with Gasteiger partial charge >= 0.3 is 0 Å². The van der Waals surface area contributed by atoms with Gasteiger partial charge in [-0.1, -0.05) is 6.92 Å². The van der Waals surface area contributed by atoms with Crippen LogP contribution in [0.2, 0.25) is 0 Å². The number of fused-ring (bicyclic) bond motifs is 3. The van der Waals surface area contributed by atoms with Gasteiger partial charge in [0.15, 0.2) is 0 Å². The van der Waals surface area contributed by atoms with E-state index >= 15 is 0 Å². The Morgan fingerprint density at radius 3 is 3.20 bits per heavy atom. The summed E-state index contributed by atoms with van der Waals surface area (Å²) in [5, 5.41) is 14.7. The lowest BCUT2D eigenvalue weighted by Crippen LogP contribution is -2.24. The molecule has 2 heterocycles. The third-order valence-corrected chi connectivity index (χ3v) is 4.93. The van der Waals surface area contributed by atoms with Crippen molar-refractivity contribution in [1.29, 1.82) is 0 Å². The number of aryl methyl sites for hydroxylation is 1. The highest BCUT2D eigenvalue weighted by molar-refractivity contribution is 7.19. The number of aliphatic carboxylic acids is 1. The summed E-state index contributed by atoms with van der Waals surface area (Å²) >= 11 is 1.74. The molecule has 2 aromatic rings. The van der Waals surface area contributed by atoms with Crippen LogP contribution in [-0.4, -0.2) is 22.5 Å². The molecule has 0 aliphatic heterocycles. The molecule has 1 aliphatic rings. The SMILES string of the molecule is C[C@@H]1CCCc2sc3ncnc(NCCC(=O)[O-])c3c21. The van der Waals surface area contributed by atoms with E-state index in [2.05, 4.69) is 22.2 Å². The largest absolute Gasteiger partial charge is 0.550 e. The van der Waals surface area contributed by atoms with E-state index in [-0.39, 0.29) is 6.42 Å². The number of thiophene rings is 1. The number of nitrogens with zero attached hydrogens (tertiary/aromatic N) is 2. The first kappa shape index (κ1) is 13.3. The van der Waals surface area contributed by atoms with E-state index in [1.165, 1.54) is 29.6 Å². The minimum atomic E-state index is -1.05. The van der Waals surface area contributed by atoms with E-state index < -0.39 is 5.97 Å². The van der Waals surface area contributed by atoms with Crippen LogP contribution in [0.25, 0.3) is 10.2 Å². The van der Waals surface area contributed by atoms with Gasteiger partial charge in [0.2, 0.25) is 0 Å². The summed E-state index contributed by atoms with van der Waals surface area (Å²) in [7, 11) is 0.